The van der Waals surface area contributed by atoms with Gasteiger partial charge in [0.2, 0.25) is 0 Å². The summed E-state index contributed by atoms with van der Waals surface area (Å²) < 4.78 is 97.0. The lowest BCUT2D eigenvalue weighted by atomic mass is 9.92. The molecule has 3 N–H and O–H groups in total. The van der Waals surface area contributed by atoms with Crippen LogP contribution in [0.2, 0.25) is 0 Å². The van der Waals surface area contributed by atoms with E-state index >= 15 is 4.39 Å². The lowest BCUT2D eigenvalue weighted by Crippen LogP contribution is -2.43. The van der Waals surface area contributed by atoms with Crippen LogP contribution in [-0.4, -0.2) is 72.0 Å². The first-order chi connectivity index (χ1) is 22.5. The number of hydrogen-bond acceptors (Lipinski definition) is 9. The summed E-state index contributed by atoms with van der Waals surface area (Å²) in [5, 5.41) is 12.6. The maximum atomic E-state index is 17.0. The second-order valence-electron chi connectivity index (χ2n) is 12.4. The van der Waals surface area contributed by atoms with Crippen molar-refractivity contribution in [2.45, 2.75) is 56.5 Å². The standard InChI is InChI=1S/C32H31F6N7OS/c1-2-45(17-6-8-41-13-17)29-19-10-21(32(36,37)38)24(18-4-5-22(34)27-23(18)20(12-39)28(40)47-27)25(35)26(19)42-30(43-29)46-15-31-7-3-9-44(31)14-16(33)11-31/h4-5,10,16-17,41H,2-3,6-9,11,13-15,40H2,1H3/t16-,17+,31+/m1/s1. The molecule has 5 heterocycles. The van der Waals surface area contributed by atoms with Crippen molar-refractivity contribution in [2.24, 2.45) is 0 Å². The molecule has 248 valence electrons. The van der Waals surface area contributed by atoms with Gasteiger partial charge in [0.15, 0.2) is 5.82 Å². The van der Waals surface area contributed by atoms with E-state index in [0.29, 0.717) is 50.4 Å². The van der Waals surface area contributed by atoms with E-state index in [-0.39, 0.29) is 69.0 Å². The Morgan fingerprint density at radius 1 is 1.28 bits per heavy atom. The highest BCUT2D eigenvalue weighted by Gasteiger charge is 2.49. The molecule has 2 aromatic carbocycles. The molecule has 2 aromatic heterocycles. The van der Waals surface area contributed by atoms with Crippen LogP contribution in [0.25, 0.3) is 32.1 Å². The van der Waals surface area contributed by atoms with E-state index in [0.717, 1.165) is 24.6 Å². The number of aromatic nitrogens is 2. The first-order valence-electron chi connectivity index (χ1n) is 15.5. The molecule has 3 aliphatic rings. The summed E-state index contributed by atoms with van der Waals surface area (Å²) in [5.41, 5.74) is 2.15. The average Bonchev–Trinajstić information content (AvgIpc) is 3.81. The SMILES string of the molecule is CCN(c1nc(OC[C@@]23CCCN2C[C@H](F)C3)nc2c(F)c(-c3ccc(F)c4sc(N)c(C#N)c34)c(C(F)(F)F)cc12)[C@H]1CCNC1. The predicted octanol–water partition coefficient (Wildman–Crippen LogP) is 6.41. The summed E-state index contributed by atoms with van der Waals surface area (Å²) in [6, 6.07) is 4.21. The Labute approximate surface area is 270 Å². The van der Waals surface area contributed by atoms with Gasteiger partial charge in [0, 0.05) is 48.4 Å². The number of nitrogens with one attached hydrogen (secondary N) is 1. The first-order valence-corrected chi connectivity index (χ1v) is 16.3. The van der Waals surface area contributed by atoms with Crippen molar-refractivity contribution in [1.29, 1.82) is 5.26 Å². The Hall–Kier alpha value is -3.87. The summed E-state index contributed by atoms with van der Waals surface area (Å²) in [6.07, 6.45) is -3.57. The van der Waals surface area contributed by atoms with Crippen molar-refractivity contribution < 1.29 is 31.1 Å². The third-order valence-electron chi connectivity index (χ3n) is 9.71. The fourth-order valence-corrected chi connectivity index (χ4v) is 8.55. The largest absolute Gasteiger partial charge is 0.461 e. The van der Waals surface area contributed by atoms with Gasteiger partial charge in [-0.25, -0.2) is 13.2 Å². The van der Waals surface area contributed by atoms with E-state index in [2.05, 4.69) is 15.3 Å². The molecule has 3 saturated heterocycles. The summed E-state index contributed by atoms with van der Waals surface area (Å²) in [7, 11) is 0. The van der Waals surface area contributed by atoms with Crippen LogP contribution in [0.1, 0.15) is 43.7 Å². The molecule has 0 saturated carbocycles. The summed E-state index contributed by atoms with van der Waals surface area (Å²) in [5.74, 6) is -2.05. The first kappa shape index (κ1) is 31.7. The van der Waals surface area contributed by atoms with E-state index in [9.17, 15) is 27.2 Å². The van der Waals surface area contributed by atoms with Gasteiger partial charge in [0.25, 0.3) is 0 Å². The van der Waals surface area contributed by atoms with Gasteiger partial charge in [-0.15, -0.1) is 11.3 Å². The van der Waals surface area contributed by atoms with Gasteiger partial charge < -0.3 is 20.7 Å². The molecule has 8 nitrogen and oxygen atoms in total. The van der Waals surface area contributed by atoms with Gasteiger partial charge in [-0.3, -0.25) is 4.90 Å². The molecular weight excluding hydrogens is 644 g/mol. The maximum Gasteiger partial charge on any atom is 0.417 e. The lowest BCUT2D eigenvalue weighted by Gasteiger charge is -2.32. The van der Waals surface area contributed by atoms with Crippen molar-refractivity contribution in [2.75, 3.05) is 50.0 Å². The van der Waals surface area contributed by atoms with Crippen LogP contribution in [0.5, 0.6) is 6.01 Å². The minimum atomic E-state index is -5.06. The summed E-state index contributed by atoms with van der Waals surface area (Å²) >= 11 is 0.701. The van der Waals surface area contributed by atoms with Gasteiger partial charge in [-0.1, -0.05) is 6.07 Å². The fraction of sp³-hybridized carbons (Fsp3) is 0.469. The van der Waals surface area contributed by atoms with Crippen molar-refractivity contribution in [3.63, 3.8) is 0 Å². The van der Waals surface area contributed by atoms with Gasteiger partial charge in [-0.2, -0.15) is 28.4 Å². The van der Waals surface area contributed by atoms with E-state index in [1.54, 1.807) is 0 Å². The fourth-order valence-electron chi connectivity index (χ4n) is 7.60. The van der Waals surface area contributed by atoms with Crippen LogP contribution in [0, 0.1) is 23.0 Å². The van der Waals surface area contributed by atoms with Crippen LogP contribution in [0.15, 0.2) is 18.2 Å². The number of nitrogens with two attached hydrogens (primary N) is 1. The molecule has 0 aliphatic carbocycles. The van der Waals surface area contributed by atoms with Gasteiger partial charge >= 0.3 is 12.2 Å². The Bertz CT molecular complexity index is 1920. The monoisotopic (exact) mass is 675 g/mol. The number of likely N-dealkylation sites (N-methyl/N-ethyl adjacent to an activating group) is 1. The van der Waals surface area contributed by atoms with Crippen LogP contribution in [0.4, 0.5) is 37.2 Å². The van der Waals surface area contributed by atoms with Crippen LogP contribution < -0.4 is 20.7 Å². The van der Waals surface area contributed by atoms with E-state index in [1.807, 2.05) is 22.8 Å². The van der Waals surface area contributed by atoms with E-state index < -0.39 is 46.2 Å². The third-order valence-corrected chi connectivity index (χ3v) is 10.7. The van der Waals surface area contributed by atoms with E-state index in [1.165, 1.54) is 0 Å². The van der Waals surface area contributed by atoms with Crippen molar-refractivity contribution in [3.05, 3.63) is 41.0 Å². The Morgan fingerprint density at radius 3 is 2.79 bits per heavy atom. The number of fused-ring (bicyclic) bond motifs is 3. The number of anilines is 2. The second kappa shape index (κ2) is 11.7. The number of nitrogen functional groups attached to an aromatic ring is 1. The number of alkyl halides is 4. The van der Waals surface area contributed by atoms with Crippen molar-refractivity contribution in [3.8, 4) is 23.2 Å². The van der Waals surface area contributed by atoms with Crippen molar-refractivity contribution in [1.82, 2.24) is 20.2 Å². The third kappa shape index (κ3) is 5.21. The van der Waals surface area contributed by atoms with Gasteiger partial charge in [-0.05, 0) is 57.0 Å². The zero-order valence-corrected chi connectivity index (χ0v) is 26.2. The maximum absolute atomic E-state index is 17.0. The molecule has 15 heteroatoms. The topological polar surface area (TPSA) is 103 Å². The molecule has 3 atom stereocenters. The Morgan fingerprint density at radius 2 is 2.09 bits per heavy atom. The molecule has 0 radical (unpaired) electrons. The highest BCUT2D eigenvalue weighted by atomic mass is 32.1. The van der Waals surface area contributed by atoms with Gasteiger partial charge in [0.1, 0.15) is 41.0 Å². The van der Waals surface area contributed by atoms with Crippen LogP contribution in [0.3, 0.4) is 0 Å². The number of nitriles is 1. The van der Waals surface area contributed by atoms with Crippen LogP contribution >= 0.6 is 11.3 Å². The molecule has 0 spiro atoms. The molecular formula is C32H31F6N7OS. The minimum absolute atomic E-state index is 0.0306. The Kier molecular flexibility index (Phi) is 7.88. The normalized spacial score (nSPS) is 23.1. The molecule has 47 heavy (non-hydrogen) atoms. The number of benzene rings is 2. The number of thiophene rings is 1. The Balaban J connectivity index is 1.47. The molecule has 7 rings (SSSR count). The molecule has 4 aromatic rings. The smallest absolute Gasteiger partial charge is 0.417 e. The average molecular weight is 676 g/mol. The lowest BCUT2D eigenvalue weighted by molar-refractivity contribution is -0.137. The predicted molar refractivity (Wildman–Crippen MR) is 167 cm³/mol. The van der Waals surface area contributed by atoms with E-state index in [4.69, 9.17) is 10.5 Å². The molecule has 3 fully saturated rings. The number of hydrogen-bond donors (Lipinski definition) is 2. The summed E-state index contributed by atoms with van der Waals surface area (Å²) in [6.45, 7) is 4.44. The van der Waals surface area contributed by atoms with Crippen LogP contribution in [-0.2, 0) is 6.18 Å². The van der Waals surface area contributed by atoms with Gasteiger partial charge in [0.05, 0.1) is 21.4 Å². The molecule has 0 amide bonds. The summed E-state index contributed by atoms with van der Waals surface area (Å²) in [4.78, 5) is 12.8. The quantitative estimate of drug-likeness (QED) is 0.217. The number of nitrogens with zero attached hydrogens (tertiary/aromatic N) is 5. The van der Waals surface area contributed by atoms with Crippen molar-refractivity contribution >= 4 is 43.1 Å². The zero-order valence-electron chi connectivity index (χ0n) is 25.4. The highest BCUT2D eigenvalue weighted by Crippen LogP contribution is 2.48. The minimum Gasteiger partial charge on any atom is -0.461 e. The number of halogens is 6. The molecule has 0 bridgehead atoms. The molecule has 3 aliphatic heterocycles. The number of rotatable bonds is 7. The number of ether oxygens (including phenoxy) is 1. The highest BCUT2D eigenvalue weighted by molar-refractivity contribution is 7.23. The second-order valence-corrected chi connectivity index (χ2v) is 13.4. The molecule has 0 unspecified atom stereocenters. The zero-order chi connectivity index (χ0) is 33.2.